The Labute approximate surface area is 166 Å². The van der Waals surface area contributed by atoms with Gasteiger partial charge in [-0.15, -0.1) is 0 Å². The molecule has 3 N–H and O–H groups in total. The lowest BCUT2D eigenvalue weighted by molar-refractivity contribution is -0.118. The molecule has 148 valence electrons. The molecule has 28 heavy (non-hydrogen) atoms. The van der Waals surface area contributed by atoms with Gasteiger partial charge in [0.2, 0.25) is 11.8 Å². The fourth-order valence-corrected chi connectivity index (χ4v) is 3.62. The van der Waals surface area contributed by atoms with E-state index < -0.39 is 6.04 Å². The lowest BCUT2D eigenvalue weighted by atomic mass is 10.0. The summed E-state index contributed by atoms with van der Waals surface area (Å²) in [4.78, 5) is 26.9. The summed E-state index contributed by atoms with van der Waals surface area (Å²) >= 11 is 0. The van der Waals surface area contributed by atoms with E-state index in [1.54, 1.807) is 0 Å². The number of hydrogen-bond acceptors (Lipinski definition) is 3. The van der Waals surface area contributed by atoms with Crippen LogP contribution >= 0.6 is 0 Å². The molecule has 1 aliphatic heterocycles. The Bertz CT molecular complexity index is 830. The molecular weight excluding hydrogens is 350 g/mol. The topological polar surface area (TPSA) is 75.4 Å². The van der Waals surface area contributed by atoms with Crippen molar-refractivity contribution in [2.45, 2.75) is 45.6 Å². The summed E-state index contributed by atoms with van der Waals surface area (Å²) in [6.45, 7) is 4.84. The summed E-state index contributed by atoms with van der Waals surface area (Å²) in [5, 5.41) is 2.84. The zero-order valence-electron chi connectivity index (χ0n) is 16.7. The van der Waals surface area contributed by atoms with E-state index in [4.69, 9.17) is 5.73 Å². The summed E-state index contributed by atoms with van der Waals surface area (Å²) in [6, 6.07) is 15.0. The fourth-order valence-electron chi connectivity index (χ4n) is 3.62. The molecule has 5 nitrogen and oxygen atoms in total. The number of amides is 2. The molecule has 0 bridgehead atoms. The van der Waals surface area contributed by atoms with Gasteiger partial charge < -0.3 is 16.0 Å². The van der Waals surface area contributed by atoms with Gasteiger partial charge in [0.15, 0.2) is 0 Å². The maximum Gasteiger partial charge on any atom is 0.241 e. The number of rotatable bonds is 6. The number of carbonyl (C=O) groups excluding carboxylic acids is 2. The third kappa shape index (κ3) is 4.98. The smallest absolute Gasteiger partial charge is 0.241 e. The Morgan fingerprint density at radius 2 is 1.82 bits per heavy atom. The van der Waals surface area contributed by atoms with Gasteiger partial charge >= 0.3 is 0 Å². The van der Waals surface area contributed by atoms with Crippen molar-refractivity contribution in [1.29, 1.82) is 0 Å². The van der Waals surface area contributed by atoms with Crippen molar-refractivity contribution in [3.05, 3.63) is 59.7 Å². The minimum Gasteiger partial charge on any atom is -0.325 e. The highest BCUT2D eigenvalue weighted by Crippen LogP contribution is 2.27. The van der Waals surface area contributed by atoms with Crippen LogP contribution in [0.4, 0.5) is 11.4 Å². The zero-order valence-corrected chi connectivity index (χ0v) is 16.7. The molecule has 0 spiro atoms. The molecule has 5 heteroatoms. The number of fused-ring (bicyclic) bond motifs is 1. The monoisotopic (exact) mass is 379 g/mol. The number of carbonyl (C=O) groups is 2. The van der Waals surface area contributed by atoms with Crippen LogP contribution in [0.1, 0.15) is 37.8 Å². The van der Waals surface area contributed by atoms with Crippen molar-refractivity contribution >= 4 is 23.2 Å². The molecule has 0 saturated carbocycles. The van der Waals surface area contributed by atoms with Crippen molar-refractivity contribution in [3.63, 3.8) is 0 Å². The maximum atomic E-state index is 12.8. The van der Waals surface area contributed by atoms with Gasteiger partial charge in [0, 0.05) is 17.9 Å². The number of aryl methyl sites for hydroxylation is 1. The number of para-hydroxylation sites is 1. The number of nitrogens with one attached hydrogen (secondary N) is 1. The van der Waals surface area contributed by atoms with Crippen molar-refractivity contribution in [2.75, 3.05) is 16.8 Å². The third-order valence-corrected chi connectivity index (χ3v) is 5.05. The minimum atomic E-state index is -0.513. The third-order valence-electron chi connectivity index (χ3n) is 5.05. The summed E-state index contributed by atoms with van der Waals surface area (Å²) < 4.78 is 0. The van der Waals surface area contributed by atoms with Crippen LogP contribution in [0.5, 0.6) is 0 Å². The molecule has 1 heterocycles. The van der Waals surface area contributed by atoms with Crippen molar-refractivity contribution in [1.82, 2.24) is 0 Å². The van der Waals surface area contributed by atoms with Gasteiger partial charge in [0.05, 0.1) is 12.5 Å². The quantitative estimate of drug-likeness (QED) is 0.806. The molecule has 0 unspecified atom stereocenters. The molecule has 0 saturated heterocycles. The van der Waals surface area contributed by atoms with Gasteiger partial charge in [-0.05, 0) is 54.5 Å². The summed E-state index contributed by atoms with van der Waals surface area (Å²) in [5.74, 6) is 0.291. The van der Waals surface area contributed by atoms with E-state index in [0.717, 1.165) is 30.6 Å². The van der Waals surface area contributed by atoms with Gasteiger partial charge in [0.1, 0.15) is 0 Å². The Hall–Kier alpha value is -2.66. The molecule has 1 aliphatic rings. The van der Waals surface area contributed by atoms with Crippen LogP contribution in [-0.4, -0.2) is 24.4 Å². The molecule has 3 rings (SSSR count). The Kier molecular flexibility index (Phi) is 6.47. The first-order valence-corrected chi connectivity index (χ1v) is 9.97. The van der Waals surface area contributed by atoms with Crippen LogP contribution in [0.3, 0.4) is 0 Å². The Balaban J connectivity index is 1.60. The lowest BCUT2D eigenvalue weighted by Crippen LogP contribution is -2.36. The highest BCUT2D eigenvalue weighted by atomic mass is 16.2. The van der Waals surface area contributed by atoms with Crippen LogP contribution < -0.4 is 16.0 Å². The summed E-state index contributed by atoms with van der Waals surface area (Å²) in [6.07, 6.45) is 3.00. The predicted octanol–water partition coefficient (Wildman–Crippen LogP) is 3.52. The molecule has 0 aromatic heterocycles. The Morgan fingerprint density at radius 1 is 1.11 bits per heavy atom. The highest BCUT2D eigenvalue weighted by Gasteiger charge is 2.22. The van der Waals surface area contributed by atoms with Crippen molar-refractivity contribution < 1.29 is 9.59 Å². The SMILES string of the molecule is CC(C)C[C@H](N)C(=O)Nc1ccc(CC(=O)N2CCCc3ccccc32)cc1. The second-order valence-electron chi connectivity index (χ2n) is 7.88. The molecule has 2 amide bonds. The van der Waals surface area contributed by atoms with Crippen LogP contribution in [0, 0.1) is 5.92 Å². The van der Waals surface area contributed by atoms with E-state index in [0.29, 0.717) is 24.4 Å². The number of hydrogen-bond donors (Lipinski definition) is 2. The molecule has 0 aliphatic carbocycles. The number of anilines is 2. The number of nitrogens with two attached hydrogens (primary N) is 1. The number of benzene rings is 2. The first-order valence-electron chi connectivity index (χ1n) is 9.97. The van der Waals surface area contributed by atoms with Crippen LogP contribution in [0.2, 0.25) is 0 Å². The molecule has 0 radical (unpaired) electrons. The second-order valence-corrected chi connectivity index (χ2v) is 7.88. The van der Waals surface area contributed by atoms with Gasteiger partial charge in [-0.3, -0.25) is 9.59 Å². The van der Waals surface area contributed by atoms with E-state index in [-0.39, 0.29) is 11.8 Å². The van der Waals surface area contributed by atoms with Crippen molar-refractivity contribution in [3.8, 4) is 0 Å². The fraction of sp³-hybridized carbons (Fsp3) is 0.391. The molecule has 1 atom stereocenters. The predicted molar refractivity (Wildman–Crippen MR) is 113 cm³/mol. The van der Waals surface area contributed by atoms with Gasteiger partial charge in [-0.1, -0.05) is 44.2 Å². The zero-order chi connectivity index (χ0) is 20.1. The maximum absolute atomic E-state index is 12.8. The van der Waals surface area contributed by atoms with Crippen LogP contribution in [0.15, 0.2) is 48.5 Å². The molecule has 2 aromatic carbocycles. The van der Waals surface area contributed by atoms with Crippen LogP contribution in [-0.2, 0) is 22.4 Å². The number of nitrogens with zero attached hydrogens (tertiary/aromatic N) is 1. The van der Waals surface area contributed by atoms with E-state index in [2.05, 4.69) is 11.4 Å². The Morgan fingerprint density at radius 3 is 2.54 bits per heavy atom. The van der Waals surface area contributed by atoms with Crippen molar-refractivity contribution in [2.24, 2.45) is 11.7 Å². The normalized spacial score (nSPS) is 14.5. The average molecular weight is 380 g/mol. The summed E-state index contributed by atoms with van der Waals surface area (Å²) in [7, 11) is 0. The largest absolute Gasteiger partial charge is 0.325 e. The lowest BCUT2D eigenvalue weighted by Gasteiger charge is -2.29. The average Bonchev–Trinajstić information content (AvgIpc) is 2.68. The van der Waals surface area contributed by atoms with Gasteiger partial charge in [-0.25, -0.2) is 0 Å². The first-order chi connectivity index (χ1) is 13.4. The second kappa shape index (κ2) is 9.02. The van der Waals surface area contributed by atoms with E-state index in [1.807, 2.05) is 61.2 Å². The van der Waals surface area contributed by atoms with E-state index in [9.17, 15) is 9.59 Å². The van der Waals surface area contributed by atoms with E-state index in [1.165, 1.54) is 5.56 Å². The van der Waals surface area contributed by atoms with Gasteiger partial charge in [-0.2, -0.15) is 0 Å². The van der Waals surface area contributed by atoms with E-state index >= 15 is 0 Å². The summed E-state index contributed by atoms with van der Waals surface area (Å²) in [5.41, 5.74) is 9.81. The minimum absolute atomic E-state index is 0.0999. The standard InChI is InChI=1S/C23H29N3O2/c1-16(2)14-20(24)23(28)25-19-11-9-17(10-12-19)15-22(27)26-13-5-7-18-6-3-4-8-21(18)26/h3-4,6,8-12,16,20H,5,7,13-15,24H2,1-2H3,(H,25,28)/t20-/m0/s1. The highest BCUT2D eigenvalue weighted by molar-refractivity contribution is 5.96. The molecule has 0 fully saturated rings. The van der Waals surface area contributed by atoms with Crippen LogP contribution in [0.25, 0.3) is 0 Å². The molecule has 2 aromatic rings. The van der Waals surface area contributed by atoms with Gasteiger partial charge in [0.25, 0.3) is 0 Å². The molecular formula is C23H29N3O2. The first kappa shape index (κ1) is 20.1.